The molecule has 14 unspecified atom stereocenters. The molecule has 0 aromatic rings. The molecular formula is C29H34O11. The quantitative estimate of drug-likeness (QED) is 0.366. The Balaban J connectivity index is 1.41. The Hall–Kier alpha value is -2.18. The van der Waals surface area contributed by atoms with E-state index < -0.39 is 98.9 Å². The van der Waals surface area contributed by atoms with E-state index in [9.17, 15) is 34.5 Å². The third-order valence-electron chi connectivity index (χ3n) is 12.9. The summed E-state index contributed by atoms with van der Waals surface area (Å²) in [5.41, 5.74) is -8.15. The van der Waals surface area contributed by atoms with Crippen molar-refractivity contribution in [2.45, 2.75) is 81.3 Å². The second-order valence-corrected chi connectivity index (χ2v) is 14.1. The van der Waals surface area contributed by atoms with Crippen LogP contribution < -0.4 is 0 Å². The molecule has 0 aromatic heterocycles. The van der Waals surface area contributed by atoms with E-state index in [4.69, 9.17) is 18.9 Å². The SMILES string of the molecule is CC12CC3OC(=O)C1COC14OC5(C2C1=O)C(O)(CCC1C4CC(O)C2C(CO)C=CC(=O)C12C)C(=O)OC35C. The van der Waals surface area contributed by atoms with Crippen LogP contribution in [0.2, 0.25) is 0 Å². The van der Waals surface area contributed by atoms with Gasteiger partial charge in [0.15, 0.2) is 28.4 Å². The molecule has 3 aliphatic carbocycles. The smallest absolute Gasteiger partial charge is 0.342 e. The van der Waals surface area contributed by atoms with E-state index in [1.807, 2.05) is 0 Å². The van der Waals surface area contributed by atoms with E-state index >= 15 is 0 Å². The molecule has 5 heterocycles. The fourth-order valence-electron chi connectivity index (χ4n) is 11.0. The van der Waals surface area contributed by atoms with Crippen LogP contribution in [0.4, 0.5) is 0 Å². The Kier molecular flexibility index (Phi) is 4.50. The predicted octanol–water partition coefficient (Wildman–Crippen LogP) is -0.174. The highest BCUT2D eigenvalue weighted by Crippen LogP contribution is 2.75. The van der Waals surface area contributed by atoms with Crippen molar-refractivity contribution in [1.29, 1.82) is 0 Å². The number of hydrogen-bond acceptors (Lipinski definition) is 11. The number of aliphatic hydroxyl groups is 3. The number of rotatable bonds is 1. The second-order valence-electron chi connectivity index (χ2n) is 14.1. The van der Waals surface area contributed by atoms with Crippen LogP contribution in [-0.4, -0.2) is 86.8 Å². The van der Waals surface area contributed by atoms with Crippen LogP contribution in [0, 0.1) is 46.3 Å². The fourth-order valence-corrected chi connectivity index (χ4v) is 11.0. The normalized spacial score (nSPS) is 60.8. The predicted molar refractivity (Wildman–Crippen MR) is 130 cm³/mol. The summed E-state index contributed by atoms with van der Waals surface area (Å²) in [5, 5.41) is 34.2. The molecule has 5 saturated heterocycles. The van der Waals surface area contributed by atoms with Crippen molar-refractivity contribution in [2.75, 3.05) is 13.2 Å². The second kappa shape index (κ2) is 7.06. The number of carbonyl (C=O) groups excluding carboxylic acids is 4. The average molecular weight is 559 g/mol. The van der Waals surface area contributed by atoms with Gasteiger partial charge in [-0.3, -0.25) is 14.4 Å². The molecule has 7 fully saturated rings. The minimum absolute atomic E-state index is 0.0380. The van der Waals surface area contributed by atoms with E-state index in [2.05, 4.69) is 0 Å². The summed E-state index contributed by atoms with van der Waals surface area (Å²) in [6.45, 7) is 4.63. The Labute approximate surface area is 230 Å². The Bertz CT molecular complexity index is 1330. The van der Waals surface area contributed by atoms with E-state index in [0.717, 1.165) is 0 Å². The van der Waals surface area contributed by atoms with E-state index in [0.29, 0.717) is 0 Å². The van der Waals surface area contributed by atoms with Crippen molar-refractivity contribution in [2.24, 2.45) is 46.3 Å². The number of hydrogen-bond donors (Lipinski definition) is 3. The Morgan fingerprint density at radius 3 is 2.58 bits per heavy atom. The van der Waals surface area contributed by atoms with Gasteiger partial charge in [-0.05, 0) is 50.0 Å². The summed E-state index contributed by atoms with van der Waals surface area (Å²) in [5.74, 6) is -8.92. The number of ketones is 2. The lowest BCUT2D eigenvalue weighted by molar-refractivity contribution is -0.379. The maximum atomic E-state index is 15.0. The van der Waals surface area contributed by atoms with E-state index in [-0.39, 0.29) is 44.7 Å². The van der Waals surface area contributed by atoms with Gasteiger partial charge in [0.05, 0.1) is 24.5 Å². The molecule has 5 bridgehead atoms. The van der Waals surface area contributed by atoms with Crippen molar-refractivity contribution >= 4 is 23.5 Å². The third kappa shape index (κ3) is 2.25. The molecule has 216 valence electrons. The highest BCUT2D eigenvalue weighted by atomic mass is 16.8. The number of carbonyl (C=O) groups is 4. The molecule has 2 spiro atoms. The van der Waals surface area contributed by atoms with Gasteiger partial charge in [-0.2, -0.15) is 0 Å². The van der Waals surface area contributed by atoms with Crippen LogP contribution in [0.5, 0.6) is 0 Å². The van der Waals surface area contributed by atoms with Crippen molar-refractivity contribution in [1.82, 2.24) is 0 Å². The first-order chi connectivity index (χ1) is 18.8. The molecule has 14 atom stereocenters. The Morgan fingerprint density at radius 2 is 1.85 bits per heavy atom. The van der Waals surface area contributed by atoms with Crippen LogP contribution in [0.1, 0.15) is 46.5 Å². The lowest BCUT2D eigenvalue weighted by Crippen LogP contribution is -2.79. The molecule has 3 N–H and O–H groups in total. The number of esters is 2. The van der Waals surface area contributed by atoms with E-state index in [1.54, 1.807) is 26.8 Å². The maximum absolute atomic E-state index is 15.0. The maximum Gasteiger partial charge on any atom is 0.342 e. The molecule has 8 rings (SSSR count). The molecule has 40 heavy (non-hydrogen) atoms. The minimum Gasteiger partial charge on any atom is -0.458 e. The van der Waals surface area contributed by atoms with Crippen molar-refractivity contribution in [3.05, 3.63) is 12.2 Å². The first kappa shape index (κ1) is 25.5. The van der Waals surface area contributed by atoms with Gasteiger partial charge in [-0.1, -0.05) is 19.9 Å². The zero-order chi connectivity index (χ0) is 28.4. The van der Waals surface area contributed by atoms with Gasteiger partial charge in [0.25, 0.3) is 0 Å². The summed E-state index contributed by atoms with van der Waals surface area (Å²) >= 11 is 0. The number of ether oxygens (including phenoxy) is 4. The Morgan fingerprint density at radius 1 is 1.10 bits per heavy atom. The summed E-state index contributed by atoms with van der Waals surface area (Å²) in [4.78, 5) is 55.8. The van der Waals surface area contributed by atoms with Crippen LogP contribution in [0.25, 0.3) is 0 Å². The van der Waals surface area contributed by atoms with Gasteiger partial charge in [0, 0.05) is 29.8 Å². The van der Waals surface area contributed by atoms with Gasteiger partial charge in [-0.15, -0.1) is 0 Å². The summed E-state index contributed by atoms with van der Waals surface area (Å²) in [7, 11) is 0. The summed E-state index contributed by atoms with van der Waals surface area (Å²) < 4.78 is 25.0. The molecular weight excluding hydrogens is 524 g/mol. The minimum atomic E-state index is -2.28. The van der Waals surface area contributed by atoms with Gasteiger partial charge in [0.1, 0.15) is 6.10 Å². The lowest BCUT2D eigenvalue weighted by Gasteiger charge is -2.63. The van der Waals surface area contributed by atoms with Crippen LogP contribution >= 0.6 is 0 Å². The molecule has 11 nitrogen and oxygen atoms in total. The van der Waals surface area contributed by atoms with Crippen molar-refractivity contribution < 1.29 is 53.4 Å². The summed E-state index contributed by atoms with van der Waals surface area (Å²) in [6.07, 6.45) is 1.25. The molecule has 0 radical (unpaired) electrons. The highest BCUT2D eigenvalue weighted by molar-refractivity contribution is 6.00. The van der Waals surface area contributed by atoms with Gasteiger partial charge >= 0.3 is 11.9 Å². The standard InChI is InChI=1S/C29H34O11/c1-24-9-18-26(3)29-20(24)21(33)28(40-29,37-11-15(24)22(34)38-18)14-8-16(31)19-12(10-30)4-5-17(32)25(19,2)13(14)6-7-27(29,36)23(35)39-26/h4-5,12-16,18-20,30-31,36H,6-11H2,1-3H3. The lowest BCUT2D eigenvalue weighted by atomic mass is 9.46. The van der Waals surface area contributed by atoms with Crippen LogP contribution in [0.3, 0.4) is 0 Å². The molecule has 8 aliphatic rings. The molecule has 0 amide bonds. The molecule has 11 heteroatoms. The number of allylic oxidation sites excluding steroid dienone is 1. The molecule has 5 aliphatic heterocycles. The zero-order valence-electron chi connectivity index (χ0n) is 22.6. The first-order valence-electron chi connectivity index (χ1n) is 14.3. The van der Waals surface area contributed by atoms with Crippen LogP contribution in [-0.2, 0) is 38.1 Å². The van der Waals surface area contributed by atoms with Gasteiger partial charge in [0.2, 0.25) is 5.79 Å². The molecule has 0 aromatic carbocycles. The largest absolute Gasteiger partial charge is 0.458 e. The van der Waals surface area contributed by atoms with Crippen molar-refractivity contribution in [3.8, 4) is 0 Å². The number of Topliss-reactive ketones (excluding diaryl/α,β-unsaturated/α-hetero) is 1. The monoisotopic (exact) mass is 558 g/mol. The average Bonchev–Trinajstić information content (AvgIpc) is 3.22. The zero-order valence-corrected chi connectivity index (χ0v) is 22.6. The summed E-state index contributed by atoms with van der Waals surface area (Å²) in [6, 6.07) is 0. The van der Waals surface area contributed by atoms with Gasteiger partial charge in [-0.25, -0.2) is 4.79 Å². The highest BCUT2D eigenvalue weighted by Gasteiger charge is 2.93. The molecule has 2 saturated carbocycles. The van der Waals surface area contributed by atoms with E-state index in [1.165, 1.54) is 6.08 Å². The number of aliphatic hydroxyl groups excluding tert-OH is 2. The topological polar surface area (TPSA) is 166 Å². The van der Waals surface area contributed by atoms with Gasteiger partial charge < -0.3 is 34.3 Å². The third-order valence-corrected chi connectivity index (χ3v) is 12.9. The first-order valence-corrected chi connectivity index (χ1v) is 14.3. The van der Waals surface area contributed by atoms with Crippen LogP contribution in [0.15, 0.2) is 12.2 Å². The fraction of sp³-hybridized carbons (Fsp3) is 0.793. The van der Waals surface area contributed by atoms with Crippen molar-refractivity contribution in [3.63, 3.8) is 0 Å². The number of fused-ring (bicyclic) bond motifs is 5.